The first-order valence-electron chi connectivity index (χ1n) is 3.92. The van der Waals surface area contributed by atoms with Gasteiger partial charge in [-0.05, 0) is 28.1 Å². The smallest absolute Gasteiger partial charge is 0.153 e. The van der Waals surface area contributed by atoms with E-state index in [0.717, 1.165) is 16.6 Å². The lowest BCUT2D eigenvalue weighted by Gasteiger charge is -2.02. The highest BCUT2D eigenvalue weighted by atomic mass is 79.9. The van der Waals surface area contributed by atoms with E-state index in [1.807, 2.05) is 0 Å². The lowest BCUT2D eigenvalue weighted by Crippen LogP contribution is -1.99. The van der Waals surface area contributed by atoms with Crippen molar-refractivity contribution in [1.29, 1.82) is 0 Å². The quantitative estimate of drug-likeness (QED) is 0.766. The van der Waals surface area contributed by atoms with Crippen molar-refractivity contribution in [2.75, 3.05) is 0 Å². The Morgan fingerprint density at radius 1 is 1.43 bits per heavy atom. The third-order valence-electron chi connectivity index (χ3n) is 1.76. The molecule has 0 aliphatic heterocycles. The lowest BCUT2D eigenvalue weighted by atomic mass is 10.2. The van der Waals surface area contributed by atoms with E-state index in [4.69, 9.17) is 0 Å². The molecule has 0 unspecified atom stereocenters. The fraction of sp³-hybridized carbons (Fsp3) is 0. The molecule has 0 atom stereocenters. The molecule has 4 nitrogen and oxygen atoms in total. The van der Waals surface area contributed by atoms with Crippen LogP contribution in [0.25, 0.3) is 5.69 Å². The molecule has 2 aromatic rings. The van der Waals surface area contributed by atoms with Gasteiger partial charge in [-0.25, -0.2) is 4.68 Å². The van der Waals surface area contributed by atoms with Gasteiger partial charge in [0.25, 0.3) is 0 Å². The number of pyridine rings is 1. The molecule has 5 heteroatoms. The van der Waals surface area contributed by atoms with Crippen LogP contribution in [-0.4, -0.2) is 21.1 Å². The summed E-state index contributed by atoms with van der Waals surface area (Å²) in [4.78, 5) is 14.6. The number of aromatic nitrogens is 3. The average Bonchev–Trinajstić information content (AvgIpc) is 2.65. The third-order valence-corrected chi connectivity index (χ3v) is 2.18. The molecule has 0 saturated heterocycles. The van der Waals surface area contributed by atoms with Crippen molar-refractivity contribution in [3.8, 4) is 5.69 Å². The zero-order chi connectivity index (χ0) is 9.97. The van der Waals surface area contributed by atoms with Crippen molar-refractivity contribution in [1.82, 2.24) is 14.8 Å². The van der Waals surface area contributed by atoms with E-state index >= 15 is 0 Å². The Kier molecular flexibility index (Phi) is 2.41. The van der Waals surface area contributed by atoms with Gasteiger partial charge in [-0.15, -0.1) is 0 Å². The second-order valence-electron chi connectivity index (χ2n) is 2.64. The summed E-state index contributed by atoms with van der Waals surface area (Å²) >= 11 is 3.24. The Morgan fingerprint density at radius 2 is 2.29 bits per heavy atom. The molecule has 0 aliphatic rings. The maximum atomic E-state index is 10.7. The Morgan fingerprint density at radius 3 is 2.93 bits per heavy atom. The molecule has 0 saturated carbocycles. The number of carbonyl (C=O) groups excluding carboxylic acids is 1. The summed E-state index contributed by atoms with van der Waals surface area (Å²) in [5.41, 5.74) is 1.24. The van der Waals surface area contributed by atoms with Crippen molar-refractivity contribution in [2.24, 2.45) is 0 Å². The Bertz CT molecular complexity index is 467. The minimum Gasteiger partial charge on any atom is -0.298 e. The van der Waals surface area contributed by atoms with Crippen LogP contribution in [0.3, 0.4) is 0 Å². The van der Waals surface area contributed by atoms with E-state index < -0.39 is 0 Å². The van der Waals surface area contributed by atoms with Crippen molar-refractivity contribution in [3.63, 3.8) is 0 Å². The lowest BCUT2D eigenvalue weighted by molar-refractivity contribution is 0.112. The second-order valence-corrected chi connectivity index (χ2v) is 3.45. The molecule has 0 amide bonds. The van der Waals surface area contributed by atoms with Crippen molar-refractivity contribution < 1.29 is 4.79 Å². The van der Waals surface area contributed by atoms with E-state index in [1.54, 1.807) is 29.2 Å². The highest BCUT2D eigenvalue weighted by Crippen LogP contribution is 2.13. The molecule has 2 heterocycles. The molecule has 0 aliphatic carbocycles. The van der Waals surface area contributed by atoms with Gasteiger partial charge in [0.15, 0.2) is 6.29 Å². The minimum atomic E-state index is 0.517. The number of halogens is 1. The fourth-order valence-corrected chi connectivity index (χ4v) is 1.42. The predicted octanol–water partition coefficient (Wildman–Crippen LogP) is 1.84. The van der Waals surface area contributed by atoms with Crippen LogP contribution in [0.2, 0.25) is 0 Å². The number of nitrogens with zero attached hydrogens (tertiary/aromatic N) is 3. The van der Waals surface area contributed by atoms with Gasteiger partial charge in [-0.1, -0.05) is 0 Å². The first-order chi connectivity index (χ1) is 6.81. The Labute approximate surface area is 88.7 Å². The SMILES string of the molecule is O=Cc1cnccc1-n1ccc(Br)n1. The van der Waals surface area contributed by atoms with Crippen LogP contribution in [-0.2, 0) is 0 Å². The summed E-state index contributed by atoms with van der Waals surface area (Å²) < 4.78 is 2.35. The average molecular weight is 252 g/mol. The molecule has 0 N–H and O–H groups in total. The van der Waals surface area contributed by atoms with Gasteiger partial charge < -0.3 is 0 Å². The normalized spacial score (nSPS) is 10.1. The Balaban J connectivity index is 2.55. The fourth-order valence-electron chi connectivity index (χ4n) is 1.13. The van der Waals surface area contributed by atoms with Gasteiger partial charge in [-0.2, -0.15) is 5.10 Å². The third kappa shape index (κ3) is 1.58. The molecule has 0 bridgehead atoms. The largest absolute Gasteiger partial charge is 0.298 e. The molecule has 0 fully saturated rings. The van der Waals surface area contributed by atoms with Crippen LogP contribution < -0.4 is 0 Å². The Hall–Kier alpha value is -1.49. The van der Waals surface area contributed by atoms with Crippen LogP contribution in [0.5, 0.6) is 0 Å². The summed E-state index contributed by atoms with van der Waals surface area (Å²) in [5, 5.41) is 4.14. The van der Waals surface area contributed by atoms with E-state index in [1.165, 1.54) is 6.20 Å². The van der Waals surface area contributed by atoms with E-state index in [-0.39, 0.29) is 0 Å². The molecule has 2 rings (SSSR count). The summed E-state index contributed by atoms with van der Waals surface area (Å²) in [6.45, 7) is 0. The van der Waals surface area contributed by atoms with E-state index in [9.17, 15) is 4.79 Å². The molecular weight excluding hydrogens is 246 g/mol. The van der Waals surface area contributed by atoms with Crippen molar-refractivity contribution >= 4 is 22.2 Å². The number of aldehydes is 1. The van der Waals surface area contributed by atoms with Crippen LogP contribution in [0, 0.1) is 0 Å². The highest BCUT2D eigenvalue weighted by molar-refractivity contribution is 9.10. The monoisotopic (exact) mass is 251 g/mol. The van der Waals surface area contributed by atoms with Crippen LogP contribution in [0.1, 0.15) is 10.4 Å². The topological polar surface area (TPSA) is 47.8 Å². The molecule has 14 heavy (non-hydrogen) atoms. The van der Waals surface area contributed by atoms with Crippen molar-refractivity contribution in [3.05, 3.63) is 40.9 Å². The number of hydrogen-bond acceptors (Lipinski definition) is 3. The van der Waals surface area contributed by atoms with Gasteiger partial charge in [-0.3, -0.25) is 9.78 Å². The predicted molar refractivity (Wildman–Crippen MR) is 54.4 cm³/mol. The number of carbonyl (C=O) groups is 1. The molecular formula is C9H6BrN3O. The van der Waals surface area contributed by atoms with Gasteiger partial charge >= 0.3 is 0 Å². The summed E-state index contributed by atoms with van der Waals surface area (Å²) in [7, 11) is 0. The maximum Gasteiger partial charge on any atom is 0.153 e. The van der Waals surface area contributed by atoms with Gasteiger partial charge in [0, 0.05) is 18.6 Å². The van der Waals surface area contributed by atoms with Crippen LogP contribution >= 0.6 is 15.9 Å². The summed E-state index contributed by atoms with van der Waals surface area (Å²) in [5.74, 6) is 0. The number of rotatable bonds is 2. The first-order valence-corrected chi connectivity index (χ1v) is 4.71. The summed E-state index contributed by atoms with van der Waals surface area (Å²) in [6.07, 6.45) is 5.67. The molecule has 0 spiro atoms. The van der Waals surface area contributed by atoms with Gasteiger partial charge in [0.05, 0.1) is 11.3 Å². The van der Waals surface area contributed by atoms with Crippen molar-refractivity contribution in [2.45, 2.75) is 0 Å². The van der Waals surface area contributed by atoms with Gasteiger partial charge in [0.2, 0.25) is 0 Å². The van der Waals surface area contributed by atoms with Gasteiger partial charge in [0.1, 0.15) is 4.60 Å². The van der Waals surface area contributed by atoms with E-state index in [0.29, 0.717) is 5.56 Å². The first kappa shape index (κ1) is 9.08. The van der Waals surface area contributed by atoms with Crippen LogP contribution in [0.15, 0.2) is 35.3 Å². The molecule has 70 valence electrons. The molecule has 2 aromatic heterocycles. The standard InChI is InChI=1S/C9H6BrN3O/c10-9-2-4-13(12-9)8-1-3-11-5-7(8)6-14/h1-6H. The van der Waals surface area contributed by atoms with E-state index in [2.05, 4.69) is 26.0 Å². The summed E-state index contributed by atoms with van der Waals surface area (Å²) in [6, 6.07) is 3.54. The highest BCUT2D eigenvalue weighted by Gasteiger charge is 2.04. The molecule has 0 radical (unpaired) electrons. The van der Waals surface area contributed by atoms with Crippen LogP contribution in [0.4, 0.5) is 0 Å². The zero-order valence-corrected chi connectivity index (χ0v) is 8.68. The molecule has 0 aromatic carbocycles. The number of hydrogen-bond donors (Lipinski definition) is 0. The second kappa shape index (κ2) is 3.71. The maximum absolute atomic E-state index is 10.7. The zero-order valence-electron chi connectivity index (χ0n) is 7.09. The minimum absolute atomic E-state index is 0.517.